The molecule has 1 aliphatic carbocycles. The lowest BCUT2D eigenvalue weighted by Gasteiger charge is -2.23. The van der Waals surface area contributed by atoms with Crippen molar-refractivity contribution in [2.45, 2.75) is 18.9 Å². The number of rotatable bonds is 1. The van der Waals surface area contributed by atoms with Gasteiger partial charge in [-0.05, 0) is 24.7 Å². The first-order valence-electron chi connectivity index (χ1n) is 6.99. The molecule has 0 spiro atoms. The molecule has 3 rings (SSSR count). The maximum atomic E-state index is 12.4. The largest absolute Gasteiger partial charge is 0.393 e. The van der Waals surface area contributed by atoms with E-state index in [9.17, 15) is 9.90 Å². The van der Waals surface area contributed by atoms with Gasteiger partial charge in [0.25, 0.3) is 0 Å². The number of likely N-dealkylation sites (tertiary alicyclic amines) is 1. The number of fused-ring (bicyclic) bond motifs is 1. The van der Waals surface area contributed by atoms with Gasteiger partial charge in [-0.3, -0.25) is 4.79 Å². The summed E-state index contributed by atoms with van der Waals surface area (Å²) in [5.41, 5.74) is 0. The molecule has 1 amide bonds. The molecule has 0 aromatic carbocycles. The molecule has 0 aromatic rings. The summed E-state index contributed by atoms with van der Waals surface area (Å²) in [5, 5.41) is 12.9. The Morgan fingerprint density at radius 1 is 1.28 bits per heavy atom. The van der Waals surface area contributed by atoms with Crippen molar-refractivity contribution in [1.82, 2.24) is 10.2 Å². The van der Waals surface area contributed by atoms with E-state index in [1.54, 1.807) is 0 Å². The Morgan fingerprint density at radius 2 is 2.00 bits per heavy atom. The van der Waals surface area contributed by atoms with E-state index in [0.29, 0.717) is 25.0 Å². The van der Waals surface area contributed by atoms with Gasteiger partial charge in [0.2, 0.25) is 5.91 Å². The molecule has 0 radical (unpaired) electrons. The number of amides is 1. The lowest BCUT2D eigenvalue weighted by atomic mass is 10.0. The van der Waals surface area contributed by atoms with E-state index in [1.165, 1.54) is 0 Å². The minimum absolute atomic E-state index is 0.0313. The topological polar surface area (TPSA) is 61.8 Å². The Morgan fingerprint density at radius 3 is 2.72 bits per heavy atom. The van der Waals surface area contributed by atoms with Gasteiger partial charge in [-0.2, -0.15) is 0 Å². The molecule has 3 aliphatic rings. The van der Waals surface area contributed by atoms with Crippen LogP contribution in [-0.2, 0) is 9.53 Å². The first kappa shape index (κ1) is 12.4. The van der Waals surface area contributed by atoms with Gasteiger partial charge in [-0.15, -0.1) is 0 Å². The Kier molecular flexibility index (Phi) is 3.54. The van der Waals surface area contributed by atoms with Crippen molar-refractivity contribution in [3.8, 4) is 0 Å². The molecular formula is C13H22N2O3. The maximum absolute atomic E-state index is 12.4. The quantitative estimate of drug-likeness (QED) is 0.659. The molecule has 5 heteroatoms. The second-order valence-electron chi connectivity index (χ2n) is 5.86. The highest BCUT2D eigenvalue weighted by Gasteiger charge is 2.42. The van der Waals surface area contributed by atoms with Gasteiger partial charge in [-0.25, -0.2) is 0 Å². The smallest absolute Gasteiger partial charge is 0.229 e. The van der Waals surface area contributed by atoms with Crippen LogP contribution in [0.1, 0.15) is 12.8 Å². The Hall–Kier alpha value is -0.650. The molecule has 3 fully saturated rings. The van der Waals surface area contributed by atoms with E-state index in [4.69, 9.17) is 4.74 Å². The van der Waals surface area contributed by atoms with Crippen molar-refractivity contribution < 1.29 is 14.6 Å². The van der Waals surface area contributed by atoms with E-state index >= 15 is 0 Å². The van der Waals surface area contributed by atoms with Crippen molar-refractivity contribution in [2.75, 3.05) is 39.4 Å². The molecule has 0 aromatic heterocycles. The first-order valence-corrected chi connectivity index (χ1v) is 6.99. The fourth-order valence-corrected chi connectivity index (χ4v) is 3.57. The summed E-state index contributed by atoms with van der Waals surface area (Å²) in [6.07, 6.45) is 1.60. The second-order valence-corrected chi connectivity index (χ2v) is 5.86. The first-order chi connectivity index (χ1) is 8.74. The van der Waals surface area contributed by atoms with Crippen LogP contribution >= 0.6 is 0 Å². The summed E-state index contributed by atoms with van der Waals surface area (Å²) in [7, 11) is 0. The van der Waals surface area contributed by atoms with Gasteiger partial charge >= 0.3 is 0 Å². The third-order valence-electron chi connectivity index (χ3n) is 4.52. The maximum Gasteiger partial charge on any atom is 0.229 e. The van der Waals surface area contributed by atoms with Crippen LogP contribution in [-0.4, -0.2) is 61.4 Å². The predicted molar refractivity (Wildman–Crippen MR) is 66.0 cm³/mol. The third kappa shape index (κ3) is 2.39. The monoisotopic (exact) mass is 254 g/mol. The highest BCUT2D eigenvalue weighted by molar-refractivity contribution is 5.79. The molecule has 2 N–H and O–H groups in total. The number of aliphatic hydroxyl groups is 1. The predicted octanol–water partition coefficient (Wildman–Crippen LogP) is -0.548. The van der Waals surface area contributed by atoms with Crippen molar-refractivity contribution in [2.24, 2.45) is 17.8 Å². The number of carbonyl (C=O) groups is 1. The lowest BCUT2D eigenvalue weighted by molar-refractivity contribution is -0.136. The zero-order valence-corrected chi connectivity index (χ0v) is 10.7. The molecule has 102 valence electrons. The van der Waals surface area contributed by atoms with E-state index in [0.717, 1.165) is 39.0 Å². The molecule has 0 bridgehead atoms. The van der Waals surface area contributed by atoms with Crippen LogP contribution in [0.15, 0.2) is 0 Å². The van der Waals surface area contributed by atoms with Gasteiger partial charge in [0.1, 0.15) is 0 Å². The average molecular weight is 254 g/mol. The van der Waals surface area contributed by atoms with Crippen LogP contribution in [0.25, 0.3) is 0 Å². The van der Waals surface area contributed by atoms with Crippen molar-refractivity contribution in [3.05, 3.63) is 0 Å². The number of carbonyl (C=O) groups excluding carboxylic acids is 1. The van der Waals surface area contributed by atoms with Crippen LogP contribution in [0.3, 0.4) is 0 Å². The summed E-state index contributed by atoms with van der Waals surface area (Å²) < 4.78 is 5.45. The summed E-state index contributed by atoms with van der Waals surface area (Å²) in [6, 6.07) is 0. The van der Waals surface area contributed by atoms with Crippen molar-refractivity contribution >= 4 is 5.91 Å². The molecule has 2 unspecified atom stereocenters. The molecule has 18 heavy (non-hydrogen) atoms. The van der Waals surface area contributed by atoms with Gasteiger partial charge in [0.15, 0.2) is 0 Å². The molecule has 2 heterocycles. The molecule has 2 aliphatic heterocycles. The molecule has 5 nitrogen and oxygen atoms in total. The number of nitrogens with one attached hydrogen (secondary N) is 1. The van der Waals surface area contributed by atoms with Gasteiger partial charge in [0.05, 0.1) is 25.2 Å². The summed E-state index contributed by atoms with van der Waals surface area (Å²) in [5.74, 6) is 1.23. The van der Waals surface area contributed by atoms with Crippen LogP contribution in [0.5, 0.6) is 0 Å². The third-order valence-corrected chi connectivity index (χ3v) is 4.52. The summed E-state index contributed by atoms with van der Waals surface area (Å²) >= 11 is 0. The van der Waals surface area contributed by atoms with Crippen LogP contribution in [0.4, 0.5) is 0 Å². The summed E-state index contributed by atoms with van der Waals surface area (Å²) in [4.78, 5) is 14.4. The molecule has 1 saturated carbocycles. The Balaban J connectivity index is 1.57. The van der Waals surface area contributed by atoms with Crippen LogP contribution in [0.2, 0.25) is 0 Å². The number of hydrogen-bond acceptors (Lipinski definition) is 4. The molecule has 2 saturated heterocycles. The van der Waals surface area contributed by atoms with E-state index < -0.39 is 0 Å². The average Bonchev–Trinajstić information content (AvgIpc) is 2.75. The van der Waals surface area contributed by atoms with Crippen LogP contribution < -0.4 is 5.32 Å². The lowest BCUT2D eigenvalue weighted by Crippen LogP contribution is -2.40. The minimum Gasteiger partial charge on any atom is -0.393 e. The Labute approximate surface area is 107 Å². The number of aliphatic hydroxyl groups excluding tert-OH is 1. The van der Waals surface area contributed by atoms with Gasteiger partial charge < -0.3 is 20.1 Å². The SMILES string of the molecule is O=C(C1CNCCOC1)N1C[C@H]2CC(O)C[C@H]2C1. The van der Waals surface area contributed by atoms with E-state index in [-0.39, 0.29) is 17.9 Å². The fourth-order valence-electron chi connectivity index (χ4n) is 3.57. The minimum atomic E-state index is -0.139. The van der Waals surface area contributed by atoms with Gasteiger partial charge in [-0.1, -0.05) is 0 Å². The zero-order chi connectivity index (χ0) is 12.5. The van der Waals surface area contributed by atoms with Crippen molar-refractivity contribution in [1.29, 1.82) is 0 Å². The standard InChI is InChI=1S/C13H22N2O3/c16-12-3-9-6-15(7-10(9)4-12)13(17)11-5-14-1-2-18-8-11/h9-12,14,16H,1-8H2/t9-,10+,11?,12?. The number of nitrogens with zero attached hydrogens (tertiary/aromatic N) is 1. The van der Waals surface area contributed by atoms with Crippen LogP contribution in [0, 0.1) is 17.8 Å². The van der Waals surface area contributed by atoms with E-state index in [1.807, 2.05) is 4.90 Å². The highest BCUT2D eigenvalue weighted by Crippen LogP contribution is 2.38. The normalized spacial score (nSPS) is 40.6. The second kappa shape index (κ2) is 5.15. The fraction of sp³-hybridized carbons (Fsp3) is 0.923. The Bertz CT molecular complexity index is 301. The number of ether oxygens (including phenoxy) is 1. The molecule has 4 atom stereocenters. The molecular weight excluding hydrogens is 232 g/mol. The number of hydrogen-bond donors (Lipinski definition) is 2. The van der Waals surface area contributed by atoms with Crippen molar-refractivity contribution in [3.63, 3.8) is 0 Å². The van der Waals surface area contributed by atoms with Gasteiger partial charge in [0, 0.05) is 26.2 Å². The van der Waals surface area contributed by atoms with E-state index in [2.05, 4.69) is 5.32 Å². The highest BCUT2D eigenvalue weighted by atomic mass is 16.5. The zero-order valence-electron chi connectivity index (χ0n) is 10.7. The summed E-state index contributed by atoms with van der Waals surface area (Å²) in [6.45, 7) is 4.46.